The van der Waals surface area contributed by atoms with Gasteiger partial charge in [-0.15, -0.1) is 0 Å². The molecule has 0 bridgehead atoms. The summed E-state index contributed by atoms with van der Waals surface area (Å²) in [6, 6.07) is 0. The third-order valence-electron chi connectivity index (χ3n) is 1.56. The topological polar surface area (TPSA) is 18.5 Å². The highest BCUT2D eigenvalue weighted by Gasteiger charge is 2.61. The summed E-state index contributed by atoms with van der Waals surface area (Å²) in [6.07, 6.45) is -6.15. The van der Waals surface area contributed by atoms with E-state index in [4.69, 9.17) is 0 Å². The first-order valence-corrected chi connectivity index (χ1v) is 3.96. The van der Waals surface area contributed by atoms with E-state index in [2.05, 4.69) is 21.1 Å². The van der Waals surface area contributed by atoms with Gasteiger partial charge in [-0.1, -0.05) is 0 Å². The summed E-state index contributed by atoms with van der Waals surface area (Å²) < 4.78 is 70.8. The Hall–Kier alpha value is -0.140. The van der Waals surface area contributed by atoms with Gasteiger partial charge in [0.25, 0.3) is 0 Å². The molecular weight excluding hydrogens is 235 g/mol. The molecule has 1 unspecified atom stereocenters. The first-order chi connectivity index (χ1) is 6.26. The molecule has 1 heterocycles. The number of hydrogen-bond donors (Lipinski definition) is 0. The highest BCUT2D eigenvalue weighted by molar-refractivity contribution is 6.22. The van der Waals surface area contributed by atoms with Crippen LogP contribution in [0.25, 0.3) is 0 Å². The maximum Gasteiger partial charge on any atom is 0.358 e. The molecule has 14 heavy (non-hydrogen) atoms. The van der Waals surface area contributed by atoms with Crippen LogP contribution in [-0.2, 0) is 9.47 Å². The highest BCUT2D eigenvalue weighted by Crippen LogP contribution is 2.40. The van der Waals surface area contributed by atoms with Crippen molar-refractivity contribution in [2.24, 2.45) is 0 Å². The summed E-state index contributed by atoms with van der Waals surface area (Å²) in [7, 11) is 0. The van der Waals surface area contributed by atoms with Gasteiger partial charge in [-0.25, -0.2) is 4.39 Å². The summed E-state index contributed by atoms with van der Waals surface area (Å²) >= 11 is 4.15. The molecule has 8 heteroatoms. The predicted octanol–water partition coefficient (Wildman–Crippen LogP) is 2.16. The molecule has 2 nitrogen and oxygen atoms in total. The molecule has 0 amide bonds. The lowest BCUT2D eigenvalue weighted by Crippen LogP contribution is -2.49. The smallest absolute Gasteiger partial charge is 0.345 e. The summed E-state index contributed by atoms with van der Waals surface area (Å²) in [6.45, 7) is -0.387. The zero-order chi connectivity index (χ0) is 11.0. The van der Waals surface area contributed by atoms with Crippen LogP contribution in [0.4, 0.5) is 22.0 Å². The van der Waals surface area contributed by atoms with Gasteiger partial charge < -0.3 is 9.47 Å². The van der Waals surface area contributed by atoms with E-state index >= 15 is 0 Å². The minimum atomic E-state index is -4.65. The van der Waals surface area contributed by atoms with E-state index in [0.717, 1.165) is 0 Å². The van der Waals surface area contributed by atoms with Gasteiger partial charge in [-0.05, 0) is 11.6 Å². The molecule has 0 N–H and O–H groups in total. The standard InChI is InChI=1S/C6H6ClF5O2/c7-6(11,12)3(8)5(9,10)4-13-1-2-14-4/h3-4H,1-2H2. The zero-order valence-electron chi connectivity index (χ0n) is 6.65. The molecule has 1 rings (SSSR count). The Labute approximate surface area is 80.9 Å². The summed E-state index contributed by atoms with van der Waals surface area (Å²) in [4.78, 5) is 0. The van der Waals surface area contributed by atoms with E-state index in [-0.39, 0.29) is 13.2 Å². The maximum atomic E-state index is 12.8. The van der Waals surface area contributed by atoms with Crippen LogP contribution < -0.4 is 0 Å². The predicted molar refractivity (Wildman–Crippen MR) is 36.3 cm³/mol. The van der Waals surface area contributed by atoms with E-state index in [9.17, 15) is 22.0 Å². The number of hydrogen-bond acceptors (Lipinski definition) is 2. The number of alkyl halides is 6. The van der Waals surface area contributed by atoms with Gasteiger partial charge in [0.05, 0.1) is 13.2 Å². The first kappa shape index (κ1) is 11.9. The molecule has 0 saturated carbocycles. The van der Waals surface area contributed by atoms with Crippen molar-refractivity contribution < 1.29 is 31.4 Å². The van der Waals surface area contributed by atoms with E-state index in [1.165, 1.54) is 0 Å². The zero-order valence-corrected chi connectivity index (χ0v) is 7.41. The van der Waals surface area contributed by atoms with Crippen LogP contribution in [0, 0.1) is 0 Å². The van der Waals surface area contributed by atoms with Crippen molar-refractivity contribution in [3.8, 4) is 0 Å². The van der Waals surface area contributed by atoms with Crippen LogP contribution in [-0.4, -0.2) is 37.0 Å². The summed E-state index contributed by atoms with van der Waals surface area (Å²) in [5.41, 5.74) is 0. The van der Waals surface area contributed by atoms with Gasteiger partial charge in [0.1, 0.15) is 0 Å². The Balaban J connectivity index is 2.72. The molecule has 84 valence electrons. The fraction of sp³-hybridized carbons (Fsp3) is 1.00. The highest BCUT2D eigenvalue weighted by atomic mass is 35.5. The van der Waals surface area contributed by atoms with Gasteiger partial charge >= 0.3 is 11.3 Å². The molecule has 1 aliphatic rings. The molecule has 1 fully saturated rings. The van der Waals surface area contributed by atoms with Crippen LogP contribution in [0.3, 0.4) is 0 Å². The first-order valence-electron chi connectivity index (χ1n) is 3.58. The molecule has 0 radical (unpaired) electrons. The van der Waals surface area contributed by atoms with Crippen molar-refractivity contribution in [3.63, 3.8) is 0 Å². The fourth-order valence-corrected chi connectivity index (χ4v) is 1.06. The average molecular weight is 241 g/mol. The number of ether oxygens (including phenoxy) is 2. The van der Waals surface area contributed by atoms with Gasteiger partial charge in [0, 0.05) is 0 Å². The molecule has 0 spiro atoms. The van der Waals surface area contributed by atoms with E-state index in [0.29, 0.717) is 0 Å². The lowest BCUT2D eigenvalue weighted by molar-refractivity contribution is -0.256. The normalized spacial score (nSPS) is 22.7. The van der Waals surface area contributed by atoms with Crippen molar-refractivity contribution >= 4 is 11.6 Å². The van der Waals surface area contributed by atoms with E-state index < -0.39 is 23.8 Å². The molecule has 0 aliphatic carbocycles. The number of halogens is 6. The van der Waals surface area contributed by atoms with Gasteiger partial charge in [0.15, 0.2) is 0 Å². The van der Waals surface area contributed by atoms with Gasteiger partial charge in [-0.3, -0.25) is 0 Å². The monoisotopic (exact) mass is 240 g/mol. The molecule has 1 aliphatic heterocycles. The van der Waals surface area contributed by atoms with Crippen molar-refractivity contribution in [1.82, 2.24) is 0 Å². The lowest BCUT2D eigenvalue weighted by Gasteiger charge is -2.26. The Morgan fingerprint density at radius 2 is 1.57 bits per heavy atom. The minimum Gasteiger partial charge on any atom is -0.345 e. The van der Waals surface area contributed by atoms with Crippen LogP contribution in [0.5, 0.6) is 0 Å². The Bertz CT molecular complexity index is 201. The SMILES string of the molecule is FC(C(F)(F)Cl)C(F)(F)C1OCCO1. The van der Waals surface area contributed by atoms with Gasteiger partial charge in [-0.2, -0.15) is 17.6 Å². The van der Waals surface area contributed by atoms with Crippen LogP contribution in [0.1, 0.15) is 0 Å². The van der Waals surface area contributed by atoms with Crippen molar-refractivity contribution in [3.05, 3.63) is 0 Å². The minimum absolute atomic E-state index is 0.194. The third-order valence-corrected chi connectivity index (χ3v) is 1.75. The second kappa shape index (κ2) is 3.79. The van der Waals surface area contributed by atoms with Crippen molar-refractivity contribution in [2.75, 3.05) is 13.2 Å². The molecule has 0 aromatic heterocycles. The molecule has 1 saturated heterocycles. The van der Waals surface area contributed by atoms with Crippen LogP contribution in [0.2, 0.25) is 0 Å². The maximum absolute atomic E-state index is 12.8. The molecule has 0 aromatic carbocycles. The molecular formula is C6H6ClF5O2. The van der Waals surface area contributed by atoms with Crippen molar-refractivity contribution in [2.45, 2.75) is 23.8 Å². The Kier molecular flexibility index (Phi) is 3.23. The van der Waals surface area contributed by atoms with Gasteiger partial charge in [0.2, 0.25) is 12.5 Å². The summed E-state index contributed by atoms with van der Waals surface area (Å²) in [5, 5.41) is -4.65. The molecule has 0 aromatic rings. The van der Waals surface area contributed by atoms with Crippen LogP contribution >= 0.6 is 11.6 Å². The second-order valence-corrected chi connectivity index (χ2v) is 3.16. The quantitative estimate of drug-likeness (QED) is 0.556. The largest absolute Gasteiger partial charge is 0.358 e. The number of rotatable bonds is 3. The van der Waals surface area contributed by atoms with E-state index in [1.807, 2.05) is 0 Å². The second-order valence-electron chi connectivity index (χ2n) is 2.65. The van der Waals surface area contributed by atoms with E-state index in [1.54, 1.807) is 0 Å². The van der Waals surface area contributed by atoms with Crippen molar-refractivity contribution in [1.29, 1.82) is 0 Å². The Morgan fingerprint density at radius 1 is 1.14 bits per heavy atom. The molecule has 1 atom stereocenters. The summed E-state index contributed by atoms with van der Waals surface area (Å²) in [5.74, 6) is -4.47. The Morgan fingerprint density at radius 3 is 1.93 bits per heavy atom. The third kappa shape index (κ3) is 2.26. The average Bonchev–Trinajstić information content (AvgIpc) is 2.53. The van der Waals surface area contributed by atoms with Crippen LogP contribution in [0.15, 0.2) is 0 Å². The lowest BCUT2D eigenvalue weighted by atomic mass is 10.2. The fourth-order valence-electron chi connectivity index (χ4n) is 0.918.